The number of benzene rings is 1. The van der Waals surface area contributed by atoms with Crippen LogP contribution < -0.4 is 5.73 Å². The van der Waals surface area contributed by atoms with E-state index in [1.54, 1.807) is 18.2 Å². The van der Waals surface area contributed by atoms with Crippen LogP contribution in [0, 0.1) is 0 Å². The topological polar surface area (TPSA) is 26.0 Å². The van der Waals surface area contributed by atoms with Gasteiger partial charge in [0.1, 0.15) is 0 Å². The number of rotatable bonds is 1. The van der Waals surface area contributed by atoms with Gasteiger partial charge < -0.3 is 5.73 Å². The molecule has 1 fully saturated rings. The van der Waals surface area contributed by atoms with Gasteiger partial charge in [0.25, 0.3) is 5.92 Å². The summed E-state index contributed by atoms with van der Waals surface area (Å²) in [6, 6.07) is 4.91. The molecule has 2 rings (SSSR count). The first-order chi connectivity index (χ1) is 6.84. The van der Waals surface area contributed by atoms with Gasteiger partial charge in [-0.3, -0.25) is 0 Å². The molecule has 0 radical (unpaired) electrons. The third-order valence-electron chi connectivity index (χ3n) is 2.64. The molecular formula is C10H9Cl2F2N. The molecule has 0 heterocycles. The number of hydrogen-bond acceptors (Lipinski definition) is 1. The summed E-state index contributed by atoms with van der Waals surface area (Å²) in [7, 11) is 0. The molecule has 1 aliphatic rings. The lowest BCUT2D eigenvalue weighted by Crippen LogP contribution is -2.55. The molecule has 1 nitrogen and oxygen atoms in total. The van der Waals surface area contributed by atoms with Crippen molar-refractivity contribution in [2.45, 2.75) is 24.3 Å². The average molecular weight is 252 g/mol. The number of halogens is 4. The van der Waals surface area contributed by atoms with Gasteiger partial charge in [-0.15, -0.1) is 0 Å². The van der Waals surface area contributed by atoms with Crippen LogP contribution in [0.4, 0.5) is 8.78 Å². The van der Waals surface area contributed by atoms with E-state index in [0.29, 0.717) is 10.6 Å². The van der Waals surface area contributed by atoms with Crippen molar-refractivity contribution in [2.24, 2.45) is 5.73 Å². The van der Waals surface area contributed by atoms with Gasteiger partial charge in [0.2, 0.25) is 0 Å². The Morgan fingerprint density at radius 1 is 1.20 bits per heavy atom. The summed E-state index contributed by atoms with van der Waals surface area (Å²) in [6.45, 7) is 0. The molecule has 2 N–H and O–H groups in total. The van der Waals surface area contributed by atoms with Crippen molar-refractivity contribution >= 4 is 23.2 Å². The van der Waals surface area contributed by atoms with Crippen LogP contribution in [0.25, 0.3) is 0 Å². The van der Waals surface area contributed by atoms with Crippen LogP contribution in [0.2, 0.25) is 10.0 Å². The Hall–Kier alpha value is -0.380. The smallest absolute Gasteiger partial charge is 0.252 e. The van der Waals surface area contributed by atoms with E-state index >= 15 is 0 Å². The predicted molar refractivity (Wildman–Crippen MR) is 56.5 cm³/mol. The largest absolute Gasteiger partial charge is 0.321 e. The number of alkyl halides is 2. The molecule has 1 aromatic carbocycles. The molecular weight excluding hydrogens is 243 g/mol. The van der Waals surface area contributed by atoms with E-state index in [1.807, 2.05) is 0 Å². The van der Waals surface area contributed by atoms with Gasteiger partial charge in [0, 0.05) is 12.8 Å². The van der Waals surface area contributed by atoms with Gasteiger partial charge in [0.15, 0.2) is 0 Å². The Morgan fingerprint density at radius 3 is 2.33 bits per heavy atom. The number of nitrogens with two attached hydrogens (primary N) is 1. The summed E-state index contributed by atoms with van der Waals surface area (Å²) in [5.74, 6) is -2.68. The highest BCUT2D eigenvalue weighted by Crippen LogP contribution is 2.51. The highest BCUT2D eigenvalue weighted by Gasteiger charge is 2.55. The first kappa shape index (κ1) is 11.1. The van der Waals surface area contributed by atoms with Crippen LogP contribution in [0.1, 0.15) is 18.4 Å². The maximum absolute atomic E-state index is 12.8. The molecule has 0 amide bonds. The standard InChI is InChI=1S/C10H9Cl2F2N/c11-7-3-1-2-6(8(7)12)9(15)4-10(13,14)5-9/h1-3H,4-5,15H2. The Kier molecular flexibility index (Phi) is 2.45. The van der Waals surface area contributed by atoms with Crippen molar-refractivity contribution < 1.29 is 8.78 Å². The lowest BCUT2D eigenvalue weighted by molar-refractivity contribution is -0.125. The van der Waals surface area contributed by atoms with E-state index in [4.69, 9.17) is 28.9 Å². The lowest BCUT2D eigenvalue weighted by Gasteiger charge is -2.45. The molecule has 0 bridgehead atoms. The molecule has 5 heteroatoms. The van der Waals surface area contributed by atoms with Gasteiger partial charge in [-0.1, -0.05) is 35.3 Å². The summed E-state index contributed by atoms with van der Waals surface area (Å²) in [4.78, 5) is 0. The zero-order valence-electron chi connectivity index (χ0n) is 7.74. The number of hydrogen-bond donors (Lipinski definition) is 1. The Morgan fingerprint density at radius 2 is 1.80 bits per heavy atom. The fraction of sp³-hybridized carbons (Fsp3) is 0.400. The Bertz CT molecular complexity index is 398. The van der Waals surface area contributed by atoms with Gasteiger partial charge >= 0.3 is 0 Å². The summed E-state index contributed by atoms with van der Waals surface area (Å²) in [6.07, 6.45) is -0.750. The third kappa shape index (κ3) is 1.84. The summed E-state index contributed by atoms with van der Waals surface area (Å²) in [5, 5.41) is 0.617. The van der Waals surface area contributed by atoms with E-state index in [9.17, 15) is 8.78 Å². The van der Waals surface area contributed by atoms with Crippen molar-refractivity contribution in [2.75, 3.05) is 0 Å². The van der Waals surface area contributed by atoms with Crippen LogP contribution in [-0.2, 0) is 5.54 Å². The van der Waals surface area contributed by atoms with Crippen LogP contribution >= 0.6 is 23.2 Å². The maximum atomic E-state index is 12.8. The molecule has 0 atom stereocenters. The van der Waals surface area contributed by atoms with Crippen molar-refractivity contribution in [3.8, 4) is 0 Å². The highest BCUT2D eigenvalue weighted by molar-refractivity contribution is 6.42. The second-order valence-corrected chi connectivity index (χ2v) is 4.75. The molecule has 0 spiro atoms. The molecule has 82 valence electrons. The third-order valence-corrected chi connectivity index (χ3v) is 3.46. The van der Waals surface area contributed by atoms with Crippen LogP contribution in [-0.4, -0.2) is 5.92 Å². The fourth-order valence-electron chi connectivity index (χ4n) is 1.95. The van der Waals surface area contributed by atoms with E-state index in [0.717, 1.165) is 0 Å². The van der Waals surface area contributed by atoms with Crippen molar-refractivity contribution in [3.05, 3.63) is 33.8 Å². The van der Waals surface area contributed by atoms with Crippen molar-refractivity contribution in [1.29, 1.82) is 0 Å². The average Bonchev–Trinajstić information content (AvgIpc) is 2.05. The summed E-state index contributed by atoms with van der Waals surface area (Å²) in [5.41, 5.74) is 5.31. The zero-order valence-corrected chi connectivity index (χ0v) is 9.25. The zero-order chi connectivity index (χ0) is 11.3. The molecule has 0 unspecified atom stereocenters. The molecule has 1 aromatic rings. The van der Waals surface area contributed by atoms with E-state index in [1.165, 1.54) is 0 Å². The quantitative estimate of drug-likeness (QED) is 0.812. The molecule has 0 aliphatic heterocycles. The van der Waals surface area contributed by atoms with Crippen LogP contribution in [0.3, 0.4) is 0 Å². The van der Waals surface area contributed by atoms with Gasteiger partial charge in [0.05, 0.1) is 15.6 Å². The predicted octanol–water partition coefficient (Wildman–Crippen LogP) is 3.58. The van der Waals surface area contributed by atoms with Gasteiger partial charge in [-0.2, -0.15) is 0 Å². The van der Waals surface area contributed by atoms with Crippen molar-refractivity contribution in [3.63, 3.8) is 0 Å². The van der Waals surface area contributed by atoms with E-state index in [-0.39, 0.29) is 17.9 Å². The van der Waals surface area contributed by atoms with Crippen LogP contribution in [0.5, 0.6) is 0 Å². The molecule has 15 heavy (non-hydrogen) atoms. The second kappa shape index (κ2) is 3.30. The minimum Gasteiger partial charge on any atom is -0.321 e. The first-order valence-corrected chi connectivity index (χ1v) is 5.21. The Labute approximate surface area is 96.2 Å². The molecule has 1 aliphatic carbocycles. The molecule has 0 saturated heterocycles. The van der Waals surface area contributed by atoms with E-state index < -0.39 is 11.5 Å². The summed E-state index contributed by atoms with van der Waals surface area (Å²) >= 11 is 11.7. The fourth-order valence-corrected chi connectivity index (χ4v) is 2.44. The Balaban J connectivity index is 2.36. The lowest BCUT2D eigenvalue weighted by atomic mass is 9.70. The minimum atomic E-state index is -2.68. The SMILES string of the molecule is NC1(c2cccc(Cl)c2Cl)CC(F)(F)C1. The maximum Gasteiger partial charge on any atom is 0.252 e. The minimum absolute atomic E-state index is 0.275. The first-order valence-electron chi connectivity index (χ1n) is 4.45. The van der Waals surface area contributed by atoms with Gasteiger partial charge in [-0.05, 0) is 11.6 Å². The monoisotopic (exact) mass is 251 g/mol. The normalized spacial score (nSPS) is 22.2. The van der Waals surface area contributed by atoms with Crippen LogP contribution in [0.15, 0.2) is 18.2 Å². The highest BCUT2D eigenvalue weighted by atomic mass is 35.5. The van der Waals surface area contributed by atoms with Crippen molar-refractivity contribution in [1.82, 2.24) is 0 Å². The van der Waals surface area contributed by atoms with Gasteiger partial charge in [-0.25, -0.2) is 8.78 Å². The summed E-state index contributed by atoms with van der Waals surface area (Å²) < 4.78 is 25.6. The second-order valence-electron chi connectivity index (χ2n) is 3.97. The van der Waals surface area contributed by atoms with E-state index in [2.05, 4.69) is 0 Å². The molecule has 1 saturated carbocycles. The molecule has 0 aromatic heterocycles.